The van der Waals surface area contributed by atoms with Crippen molar-refractivity contribution in [1.29, 1.82) is 0 Å². The summed E-state index contributed by atoms with van der Waals surface area (Å²) in [5.41, 5.74) is 0.382. The number of nitrogens with zero attached hydrogens (tertiary/aromatic N) is 4. The first-order valence-electron chi connectivity index (χ1n) is 12.4. The third-order valence-corrected chi connectivity index (χ3v) is 8.90. The molecule has 0 unspecified atom stereocenters. The minimum absolute atomic E-state index is 0.128. The van der Waals surface area contributed by atoms with Crippen LogP contribution in [0.2, 0.25) is 0 Å². The monoisotopic (exact) mass is 484 g/mol. The molecule has 0 atom stereocenters. The SMILES string of the molecule is CCCCCCN(CCN1CCOCC1)C(=O)C1CCN(S(=O)(=O)c2c(C)noc2C)CC1. The average Bonchev–Trinajstić information content (AvgIpc) is 3.17. The lowest BCUT2D eigenvalue weighted by molar-refractivity contribution is -0.137. The van der Waals surface area contributed by atoms with Gasteiger partial charge in [-0.15, -0.1) is 0 Å². The molecule has 0 spiro atoms. The number of amides is 1. The summed E-state index contributed by atoms with van der Waals surface area (Å²) in [4.78, 5) is 18.0. The number of ether oxygens (including phenoxy) is 1. The van der Waals surface area contributed by atoms with Crippen LogP contribution in [0.5, 0.6) is 0 Å². The lowest BCUT2D eigenvalue weighted by Gasteiger charge is -2.35. The number of hydrogen-bond acceptors (Lipinski definition) is 7. The first-order valence-corrected chi connectivity index (χ1v) is 13.8. The number of sulfonamides is 1. The largest absolute Gasteiger partial charge is 0.379 e. The molecular formula is C23H40N4O5S. The third-order valence-electron chi connectivity index (χ3n) is 6.75. The Labute approximate surface area is 198 Å². The molecule has 0 aliphatic carbocycles. The smallest absolute Gasteiger partial charge is 0.248 e. The molecule has 2 fully saturated rings. The Morgan fingerprint density at radius 2 is 1.76 bits per heavy atom. The number of piperidine rings is 1. The predicted molar refractivity (Wildman–Crippen MR) is 125 cm³/mol. The van der Waals surface area contributed by atoms with Crippen LogP contribution in [0, 0.1) is 19.8 Å². The van der Waals surface area contributed by atoms with Gasteiger partial charge in [-0.25, -0.2) is 8.42 Å². The number of morpholine rings is 1. The number of aryl methyl sites for hydroxylation is 2. The van der Waals surface area contributed by atoms with Gasteiger partial charge in [0.2, 0.25) is 15.9 Å². The van der Waals surface area contributed by atoms with Crippen LogP contribution >= 0.6 is 0 Å². The summed E-state index contributed by atoms with van der Waals surface area (Å²) in [5.74, 6) is 0.359. The number of rotatable bonds is 11. The second kappa shape index (κ2) is 12.3. The number of unbranched alkanes of at least 4 members (excludes halogenated alkanes) is 3. The number of hydrogen-bond donors (Lipinski definition) is 0. The van der Waals surface area contributed by atoms with E-state index in [0.717, 1.165) is 58.8 Å². The minimum Gasteiger partial charge on any atom is -0.379 e. The Balaban J connectivity index is 1.58. The normalized spacial score (nSPS) is 19.1. The fourth-order valence-electron chi connectivity index (χ4n) is 4.72. The summed E-state index contributed by atoms with van der Waals surface area (Å²) < 4.78 is 38.2. The molecule has 33 heavy (non-hydrogen) atoms. The van der Waals surface area contributed by atoms with Gasteiger partial charge in [0, 0.05) is 51.7 Å². The van der Waals surface area contributed by atoms with Gasteiger partial charge in [-0.1, -0.05) is 31.3 Å². The van der Waals surface area contributed by atoms with Crippen molar-refractivity contribution in [2.24, 2.45) is 5.92 Å². The maximum atomic E-state index is 13.4. The van der Waals surface area contributed by atoms with E-state index in [1.165, 1.54) is 17.1 Å². The topological polar surface area (TPSA) is 96.2 Å². The van der Waals surface area contributed by atoms with Crippen molar-refractivity contribution < 1.29 is 22.5 Å². The standard InChI is InChI=1S/C23H40N4O5S/c1-4-5-6-7-10-26(14-13-25-15-17-31-18-16-25)23(28)21-8-11-27(12-9-21)33(29,30)22-19(2)24-32-20(22)3/h21H,4-18H2,1-3H3. The van der Waals surface area contributed by atoms with Crippen LogP contribution in [0.3, 0.4) is 0 Å². The molecule has 2 saturated heterocycles. The molecule has 10 heteroatoms. The van der Waals surface area contributed by atoms with Crippen molar-refractivity contribution in [3.05, 3.63) is 11.5 Å². The number of aromatic nitrogens is 1. The third kappa shape index (κ3) is 6.77. The zero-order valence-corrected chi connectivity index (χ0v) is 21.2. The molecule has 0 aromatic carbocycles. The van der Waals surface area contributed by atoms with E-state index in [4.69, 9.17) is 9.26 Å². The Morgan fingerprint density at radius 3 is 2.36 bits per heavy atom. The highest BCUT2D eigenvalue weighted by Crippen LogP contribution is 2.28. The second-order valence-corrected chi connectivity index (χ2v) is 11.0. The van der Waals surface area contributed by atoms with Gasteiger partial charge >= 0.3 is 0 Å². The summed E-state index contributed by atoms with van der Waals surface area (Å²) in [6.07, 6.45) is 5.59. The van der Waals surface area contributed by atoms with E-state index in [0.29, 0.717) is 37.4 Å². The van der Waals surface area contributed by atoms with E-state index in [1.54, 1.807) is 13.8 Å². The lowest BCUT2D eigenvalue weighted by atomic mass is 9.96. The van der Waals surface area contributed by atoms with Crippen LogP contribution in [-0.4, -0.2) is 92.6 Å². The van der Waals surface area contributed by atoms with E-state index in [1.807, 2.05) is 4.90 Å². The molecule has 0 N–H and O–H groups in total. The molecule has 2 aliphatic rings. The van der Waals surface area contributed by atoms with Crippen LogP contribution in [0.4, 0.5) is 0 Å². The second-order valence-electron chi connectivity index (χ2n) is 9.17. The van der Waals surface area contributed by atoms with Crippen molar-refractivity contribution in [1.82, 2.24) is 19.3 Å². The molecule has 1 amide bonds. The van der Waals surface area contributed by atoms with Crippen molar-refractivity contribution >= 4 is 15.9 Å². The molecule has 0 saturated carbocycles. The molecular weight excluding hydrogens is 444 g/mol. The Kier molecular flexibility index (Phi) is 9.72. The number of carbonyl (C=O) groups excluding carboxylic acids is 1. The van der Waals surface area contributed by atoms with Crippen LogP contribution < -0.4 is 0 Å². The van der Waals surface area contributed by atoms with Gasteiger partial charge in [0.1, 0.15) is 10.6 Å². The summed E-state index contributed by atoms with van der Waals surface area (Å²) >= 11 is 0. The van der Waals surface area contributed by atoms with E-state index >= 15 is 0 Å². The van der Waals surface area contributed by atoms with Gasteiger partial charge in [-0.05, 0) is 33.1 Å². The zero-order chi connectivity index (χ0) is 23.8. The van der Waals surface area contributed by atoms with Crippen LogP contribution in [0.15, 0.2) is 9.42 Å². The van der Waals surface area contributed by atoms with Gasteiger partial charge in [-0.3, -0.25) is 9.69 Å². The molecule has 0 radical (unpaired) electrons. The molecule has 1 aromatic rings. The Bertz CT molecular complexity index is 839. The van der Waals surface area contributed by atoms with Gasteiger partial charge in [-0.2, -0.15) is 4.31 Å². The zero-order valence-electron chi connectivity index (χ0n) is 20.4. The van der Waals surface area contributed by atoms with Crippen molar-refractivity contribution in [2.45, 2.75) is 64.2 Å². The van der Waals surface area contributed by atoms with Crippen LogP contribution in [-0.2, 0) is 19.6 Å². The molecule has 9 nitrogen and oxygen atoms in total. The first-order chi connectivity index (χ1) is 15.8. The van der Waals surface area contributed by atoms with Gasteiger partial charge in [0.05, 0.1) is 13.2 Å². The number of carbonyl (C=O) groups is 1. The first kappa shape index (κ1) is 26.1. The predicted octanol–water partition coefficient (Wildman–Crippen LogP) is 2.43. The molecule has 1 aromatic heterocycles. The molecule has 3 heterocycles. The summed E-state index contributed by atoms with van der Waals surface area (Å²) in [7, 11) is -3.66. The van der Waals surface area contributed by atoms with Gasteiger partial charge < -0.3 is 14.2 Å². The molecule has 3 rings (SSSR count). The highest BCUT2D eigenvalue weighted by molar-refractivity contribution is 7.89. The quantitative estimate of drug-likeness (QED) is 0.445. The highest BCUT2D eigenvalue weighted by Gasteiger charge is 2.36. The average molecular weight is 485 g/mol. The maximum absolute atomic E-state index is 13.4. The summed E-state index contributed by atoms with van der Waals surface area (Å²) in [6.45, 7) is 11.8. The van der Waals surface area contributed by atoms with Gasteiger partial charge in [0.25, 0.3) is 0 Å². The van der Waals surface area contributed by atoms with E-state index in [2.05, 4.69) is 17.0 Å². The van der Waals surface area contributed by atoms with Crippen molar-refractivity contribution in [3.63, 3.8) is 0 Å². The fraction of sp³-hybridized carbons (Fsp3) is 0.826. The van der Waals surface area contributed by atoms with Crippen LogP contribution in [0.1, 0.15) is 56.9 Å². The van der Waals surface area contributed by atoms with Crippen LogP contribution in [0.25, 0.3) is 0 Å². The Morgan fingerprint density at radius 1 is 1.06 bits per heavy atom. The maximum Gasteiger partial charge on any atom is 0.248 e. The van der Waals surface area contributed by atoms with E-state index < -0.39 is 10.0 Å². The fourth-order valence-corrected chi connectivity index (χ4v) is 6.48. The molecule has 188 valence electrons. The minimum atomic E-state index is -3.66. The summed E-state index contributed by atoms with van der Waals surface area (Å²) in [6, 6.07) is 0. The Hall–Kier alpha value is -1.49. The molecule has 0 bridgehead atoms. The van der Waals surface area contributed by atoms with Crippen molar-refractivity contribution in [2.75, 3.05) is 59.0 Å². The molecule has 2 aliphatic heterocycles. The van der Waals surface area contributed by atoms with Crippen molar-refractivity contribution in [3.8, 4) is 0 Å². The van der Waals surface area contributed by atoms with E-state index in [-0.39, 0.29) is 16.7 Å². The van der Waals surface area contributed by atoms with E-state index in [9.17, 15) is 13.2 Å². The van der Waals surface area contributed by atoms with Gasteiger partial charge in [0.15, 0.2) is 5.76 Å². The summed E-state index contributed by atoms with van der Waals surface area (Å²) in [5, 5.41) is 3.79. The highest BCUT2D eigenvalue weighted by atomic mass is 32.2. The lowest BCUT2D eigenvalue weighted by Crippen LogP contribution is -2.47.